The Morgan fingerprint density at radius 2 is 1.70 bits per heavy atom. The summed E-state index contributed by atoms with van der Waals surface area (Å²) in [6.07, 6.45) is 3.09. The van der Waals surface area contributed by atoms with Crippen molar-refractivity contribution in [2.45, 2.75) is 25.2 Å². The van der Waals surface area contributed by atoms with Crippen molar-refractivity contribution in [3.8, 4) is 0 Å². The molecule has 0 aromatic heterocycles. The largest absolute Gasteiger partial charge is 0.381 e. The zero-order valence-corrected chi connectivity index (χ0v) is 18.1. The minimum atomic E-state index is 0.367. The van der Waals surface area contributed by atoms with Crippen molar-refractivity contribution in [2.24, 2.45) is 10.9 Å². The molecule has 2 aromatic rings. The predicted molar refractivity (Wildman–Crippen MR) is 123 cm³/mol. The van der Waals surface area contributed by atoms with Crippen molar-refractivity contribution in [3.05, 3.63) is 71.8 Å². The van der Waals surface area contributed by atoms with Crippen molar-refractivity contribution in [2.75, 3.05) is 46.6 Å². The summed E-state index contributed by atoms with van der Waals surface area (Å²) in [5.74, 6) is 1.79. The summed E-state index contributed by atoms with van der Waals surface area (Å²) < 4.78 is 11.1. The van der Waals surface area contributed by atoms with Crippen LogP contribution in [0.4, 0.5) is 0 Å². The van der Waals surface area contributed by atoms with Crippen molar-refractivity contribution >= 4 is 5.96 Å². The molecule has 5 nitrogen and oxygen atoms in total. The second-order valence-electron chi connectivity index (χ2n) is 7.75. The van der Waals surface area contributed by atoms with Crippen LogP contribution >= 0.6 is 0 Å². The molecule has 5 heteroatoms. The Balaban J connectivity index is 1.38. The lowest BCUT2D eigenvalue weighted by Crippen LogP contribution is -2.38. The zero-order valence-electron chi connectivity index (χ0n) is 18.1. The van der Waals surface area contributed by atoms with Gasteiger partial charge in [0.05, 0.1) is 13.2 Å². The molecule has 0 saturated carbocycles. The number of hydrogen-bond acceptors (Lipinski definition) is 3. The molecule has 162 valence electrons. The first-order valence-electron chi connectivity index (χ1n) is 11.1. The molecule has 1 atom stereocenters. The molecule has 1 fully saturated rings. The molecule has 0 bridgehead atoms. The lowest BCUT2D eigenvalue weighted by atomic mass is 9.88. The summed E-state index contributed by atoms with van der Waals surface area (Å²) in [5, 5.41) is 6.84. The van der Waals surface area contributed by atoms with Gasteiger partial charge in [0.25, 0.3) is 0 Å². The van der Waals surface area contributed by atoms with Gasteiger partial charge in [0, 0.05) is 45.2 Å². The highest BCUT2D eigenvalue weighted by atomic mass is 16.5. The van der Waals surface area contributed by atoms with Crippen LogP contribution in [0, 0.1) is 5.92 Å². The summed E-state index contributed by atoms with van der Waals surface area (Å²) in [6.45, 7) is 5.01. The quantitative estimate of drug-likeness (QED) is 0.337. The van der Waals surface area contributed by atoms with Gasteiger partial charge >= 0.3 is 0 Å². The fourth-order valence-electron chi connectivity index (χ4n) is 3.80. The van der Waals surface area contributed by atoms with Gasteiger partial charge in [-0.05, 0) is 30.4 Å². The predicted octanol–water partition coefficient (Wildman–Crippen LogP) is 3.82. The number of aliphatic imine (C=N–C) groups is 1. The molecule has 0 aliphatic carbocycles. The fraction of sp³-hybridized carbons (Fsp3) is 0.480. The molecule has 0 spiro atoms. The van der Waals surface area contributed by atoms with E-state index in [4.69, 9.17) is 9.47 Å². The van der Waals surface area contributed by atoms with Gasteiger partial charge in [-0.2, -0.15) is 0 Å². The molecule has 2 aromatic carbocycles. The van der Waals surface area contributed by atoms with Gasteiger partial charge < -0.3 is 20.1 Å². The molecule has 3 rings (SSSR count). The molecule has 0 amide bonds. The maximum Gasteiger partial charge on any atom is 0.190 e. The first-order valence-corrected chi connectivity index (χ1v) is 11.1. The van der Waals surface area contributed by atoms with E-state index in [1.54, 1.807) is 0 Å². The van der Waals surface area contributed by atoms with Gasteiger partial charge in [-0.25, -0.2) is 0 Å². The number of benzene rings is 2. The molecule has 30 heavy (non-hydrogen) atoms. The second-order valence-corrected chi connectivity index (χ2v) is 7.75. The van der Waals surface area contributed by atoms with E-state index >= 15 is 0 Å². The van der Waals surface area contributed by atoms with Crippen molar-refractivity contribution in [3.63, 3.8) is 0 Å². The number of nitrogens with one attached hydrogen (secondary N) is 2. The molecule has 1 heterocycles. The van der Waals surface area contributed by atoms with E-state index in [1.165, 1.54) is 11.1 Å². The van der Waals surface area contributed by atoms with Gasteiger partial charge in [-0.1, -0.05) is 60.7 Å². The average Bonchev–Trinajstić information content (AvgIpc) is 3.32. The number of nitrogens with zero attached hydrogens (tertiary/aromatic N) is 1. The highest BCUT2D eigenvalue weighted by Crippen LogP contribution is 2.27. The standard InChI is InChI=1S/C25H35N3O2/c1-26-25(27-15-8-17-29-19-21-14-18-30-20-21)28-16-13-24(22-9-4-2-5-10-22)23-11-6-3-7-12-23/h2-7,9-12,21,24H,8,13-20H2,1H3,(H2,26,27,28). The Bertz CT molecular complexity index is 691. The normalized spacial score (nSPS) is 16.7. The minimum absolute atomic E-state index is 0.367. The zero-order chi connectivity index (χ0) is 20.9. The fourth-order valence-corrected chi connectivity index (χ4v) is 3.80. The third kappa shape index (κ3) is 7.47. The Kier molecular flexibility index (Phi) is 9.70. The molecule has 1 aliphatic rings. The molecule has 1 aliphatic heterocycles. The number of ether oxygens (including phenoxy) is 2. The maximum absolute atomic E-state index is 5.76. The van der Waals surface area contributed by atoms with E-state index < -0.39 is 0 Å². The molecule has 1 saturated heterocycles. The number of hydrogen-bond donors (Lipinski definition) is 2. The van der Waals surface area contributed by atoms with E-state index in [2.05, 4.69) is 76.3 Å². The smallest absolute Gasteiger partial charge is 0.190 e. The maximum atomic E-state index is 5.76. The monoisotopic (exact) mass is 409 g/mol. The van der Waals surface area contributed by atoms with Crippen LogP contribution in [0.1, 0.15) is 36.3 Å². The molecular formula is C25H35N3O2. The summed E-state index contributed by atoms with van der Waals surface area (Å²) in [7, 11) is 1.82. The lowest BCUT2D eigenvalue weighted by Gasteiger charge is -2.19. The van der Waals surface area contributed by atoms with Gasteiger partial charge in [0.2, 0.25) is 0 Å². The van der Waals surface area contributed by atoms with Crippen LogP contribution in [0.5, 0.6) is 0 Å². The first-order chi connectivity index (χ1) is 14.9. The van der Waals surface area contributed by atoms with E-state index in [9.17, 15) is 0 Å². The van der Waals surface area contributed by atoms with Crippen LogP contribution in [0.15, 0.2) is 65.7 Å². The topological polar surface area (TPSA) is 54.9 Å². The van der Waals surface area contributed by atoms with Crippen LogP contribution in [0.2, 0.25) is 0 Å². The molecule has 2 N–H and O–H groups in total. The highest BCUT2D eigenvalue weighted by Gasteiger charge is 2.15. The third-order valence-electron chi connectivity index (χ3n) is 5.49. The van der Waals surface area contributed by atoms with Gasteiger partial charge in [0.1, 0.15) is 0 Å². The summed E-state index contributed by atoms with van der Waals surface area (Å²) in [6, 6.07) is 21.4. The van der Waals surface area contributed by atoms with Crippen LogP contribution < -0.4 is 10.6 Å². The van der Waals surface area contributed by atoms with E-state index in [0.29, 0.717) is 11.8 Å². The van der Waals surface area contributed by atoms with Crippen molar-refractivity contribution in [1.82, 2.24) is 10.6 Å². The Labute approximate surface area is 180 Å². The first kappa shape index (κ1) is 22.3. The number of guanidine groups is 1. The minimum Gasteiger partial charge on any atom is -0.381 e. The van der Waals surface area contributed by atoms with Crippen LogP contribution in [-0.4, -0.2) is 52.5 Å². The van der Waals surface area contributed by atoms with E-state index in [-0.39, 0.29) is 0 Å². The Morgan fingerprint density at radius 1 is 1.03 bits per heavy atom. The molecule has 0 radical (unpaired) electrons. The molecule has 1 unspecified atom stereocenters. The third-order valence-corrected chi connectivity index (χ3v) is 5.49. The number of rotatable bonds is 11. The van der Waals surface area contributed by atoms with Gasteiger partial charge in [-0.3, -0.25) is 4.99 Å². The van der Waals surface area contributed by atoms with Crippen molar-refractivity contribution < 1.29 is 9.47 Å². The second kappa shape index (κ2) is 13.0. The SMILES string of the molecule is CN=C(NCCCOCC1CCOC1)NCCC(c1ccccc1)c1ccccc1. The summed E-state index contributed by atoms with van der Waals surface area (Å²) in [5.41, 5.74) is 2.69. The van der Waals surface area contributed by atoms with E-state index in [1.807, 2.05) is 7.05 Å². The van der Waals surface area contributed by atoms with Crippen LogP contribution in [0.25, 0.3) is 0 Å². The average molecular weight is 410 g/mol. The highest BCUT2D eigenvalue weighted by molar-refractivity contribution is 5.79. The summed E-state index contributed by atoms with van der Waals surface area (Å²) >= 11 is 0. The van der Waals surface area contributed by atoms with Crippen molar-refractivity contribution in [1.29, 1.82) is 0 Å². The van der Waals surface area contributed by atoms with Gasteiger partial charge in [0.15, 0.2) is 5.96 Å². The lowest BCUT2D eigenvalue weighted by molar-refractivity contribution is 0.0888. The Morgan fingerprint density at radius 3 is 2.30 bits per heavy atom. The Hall–Kier alpha value is -2.37. The van der Waals surface area contributed by atoms with Crippen LogP contribution in [0.3, 0.4) is 0 Å². The van der Waals surface area contributed by atoms with Gasteiger partial charge in [-0.15, -0.1) is 0 Å². The van der Waals surface area contributed by atoms with E-state index in [0.717, 1.165) is 64.7 Å². The summed E-state index contributed by atoms with van der Waals surface area (Å²) in [4.78, 5) is 4.35. The van der Waals surface area contributed by atoms with Crippen LogP contribution in [-0.2, 0) is 9.47 Å². The molecular weight excluding hydrogens is 374 g/mol.